The molecule has 0 fully saturated rings. The largest absolute Gasteiger partial charge is 0.376 e. The van der Waals surface area contributed by atoms with Crippen LogP contribution in [-0.4, -0.2) is 22.9 Å². The first kappa shape index (κ1) is 15.5. The molecule has 21 heavy (non-hydrogen) atoms. The van der Waals surface area contributed by atoms with Crippen LogP contribution in [0.2, 0.25) is 10.2 Å². The fraction of sp³-hybridized carbons (Fsp3) is 0.100. The lowest BCUT2D eigenvalue weighted by atomic mass is 10.3. The SMILES string of the molecule is Cn1cnc(S(=O)(=O)Oc2ccc([N+](=O)[O-])cc2Cl)c1Cl. The van der Waals surface area contributed by atoms with Crippen molar-refractivity contribution in [1.82, 2.24) is 9.55 Å². The lowest BCUT2D eigenvalue weighted by Gasteiger charge is -2.06. The monoisotopic (exact) mass is 351 g/mol. The highest BCUT2D eigenvalue weighted by atomic mass is 35.5. The van der Waals surface area contributed by atoms with Crippen molar-refractivity contribution in [1.29, 1.82) is 0 Å². The smallest absolute Gasteiger partial charge is 0.360 e. The molecule has 112 valence electrons. The number of halogens is 2. The topological polar surface area (TPSA) is 104 Å². The van der Waals surface area contributed by atoms with E-state index >= 15 is 0 Å². The van der Waals surface area contributed by atoms with E-state index in [2.05, 4.69) is 4.98 Å². The fourth-order valence-electron chi connectivity index (χ4n) is 1.39. The van der Waals surface area contributed by atoms with E-state index in [1.807, 2.05) is 0 Å². The Kier molecular flexibility index (Phi) is 4.08. The molecule has 11 heteroatoms. The summed E-state index contributed by atoms with van der Waals surface area (Å²) in [6.07, 6.45) is 1.20. The Morgan fingerprint density at radius 2 is 2.05 bits per heavy atom. The third-order valence-electron chi connectivity index (χ3n) is 2.40. The molecule has 1 heterocycles. The van der Waals surface area contributed by atoms with Crippen molar-refractivity contribution in [2.24, 2.45) is 7.05 Å². The van der Waals surface area contributed by atoms with Crippen LogP contribution in [0.3, 0.4) is 0 Å². The lowest BCUT2D eigenvalue weighted by Crippen LogP contribution is -2.11. The Bertz CT molecular complexity index is 818. The number of rotatable bonds is 4. The van der Waals surface area contributed by atoms with Crippen LogP contribution in [0.4, 0.5) is 5.69 Å². The van der Waals surface area contributed by atoms with Gasteiger partial charge in [-0.1, -0.05) is 23.2 Å². The summed E-state index contributed by atoms with van der Waals surface area (Å²) in [6, 6.07) is 3.12. The molecule has 0 saturated carbocycles. The number of hydrogen-bond acceptors (Lipinski definition) is 6. The third-order valence-corrected chi connectivity index (χ3v) is 4.42. The Balaban J connectivity index is 2.37. The van der Waals surface area contributed by atoms with E-state index < -0.39 is 20.1 Å². The van der Waals surface area contributed by atoms with Crippen molar-refractivity contribution < 1.29 is 17.5 Å². The first-order chi connectivity index (χ1) is 9.72. The number of non-ortho nitro benzene ring substituents is 1. The average molecular weight is 352 g/mol. The molecule has 8 nitrogen and oxygen atoms in total. The predicted octanol–water partition coefficient (Wildman–Crippen LogP) is 2.40. The Morgan fingerprint density at radius 1 is 1.38 bits per heavy atom. The molecule has 2 rings (SSSR count). The zero-order valence-corrected chi connectivity index (χ0v) is 12.7. The average Bonchev–Trinajstić information content (AvgIpc) is 2.72. The summed E-state index contributed by atoms with van der Waals surface area (Å²) >= 11 is 11.5. The maximum Gasteiger partial charge on any atom is 0.360 e. The predicted molar refractivity (Wildman–Crippen MR) is 74.1 cm³/mol. The molecule has 0 saturated heterocycles. The summed E-state index contributed by atoms with van der Waals surface area (Å²) in [7, 11) is -2.79. The minimum Gasteiger partial charge on any atom is -0.376 e. The molecule has 1 aromatic heterocycles. The van der Waals surface area contributed by atoms with Gasteiger partial charge in [-0.2, -0.15) is 8.42 Å². The first-order valence-corrected chi connectivity index (χ1v) is 7.44. The van der Waals surface area contributed by atoms with E-state index in [9.17, 15) is 18.5 Å². The van der Waals surface area contributed by atoms with Gasteiger partial charge in [0.15, 0.2) is 10.9 Å². The van der Waals surface area contributed by atoms with Crippen molar-refractivity contribution in [3.63, 3.8) is 0 Å². The van der Waals surface area contributed by atoms with Crippen molar-refractivity contribution in [3.05, 3.63) is 44.8 Å². The number of nitrogens with zero attached hydrogens (tertiary/aromatic N) is 3. The van der Waals surface area contributed by atoms with Crippen LogP contribution in [0.25, 0.3) is 0 Å². The summed E-state index contributed by atoms with van der Waals surface area (Å²) in [5.41, 5.74) is -0.291. The highest BCUT2D eigenvalue weighted by Gasteiger charge is 2.26. The minimum atomic E-state index is -4.30. The molecule has 0 spiro atoms. The Labute approximate surface area is 129 Å². The van der Waals surface area contributed by atoms with Gasteiger partial charge in [0.2, 0.25) is 5.03 Å². The molecule has 0 aliphatic carbocycles. The van der Waals surface area contributed by atoms with E-state index in [0.29, 0.717) is 0 Å². The van der Waals surface area contributed by atoms with Gasteiger partial charge in [0.1, 0.15) is 0 Å². The highest BCUT2D eigenvalue weighted by Crippen LogP contribution is 2.31. The van der Waals surface area contributed by atoms with Crippen molar-refractivity contribution in [2.75, 3.05) is 0 Å². The van der Waals surface area contributed by atoms with Gasteiger partial charge < -0.3 is 8.75 Å². The lowest BCUT2D eigenvalue weighted by molar-refractivity contribution is -0.384. The van der Waals surface area contributed by atoms with Crippen molar-refractivity contribution in [2.45, 2.75) is 5.03 Å². The highest BCUT2D eigenvalue weighted by molar-refractivity contribution is 7.87. The molecular formula is C10H7Cl2N3O5S. The van der Waals surface area contributed by atoms with E-state index in [1.54, 1.807) is 0 Å². The number of nitro benzene ring substituents is 1. The van der Waals surface area contributed by atoms with Crippen LogP contribution in [-0.2, 0) is 17.2 Å². The second-order valence-corrected chi connectivity index (χ2v) is 6.09. The maximum atomic E-state index is 12.0. The van der Waals surface area contributed by atoms with E-state index in [4.69, 9.17) is 27.4 Å². The summed E-state index contributed by atoms with van der Waals surface area (Å²) in [4.78, 5) is 13.5. The van der Waals surface area contributed by atoms with Gasteiger partial charge >= 0.3 is 10.1 Å². The molecule has 0 aliphatic rings. The van der Waals surface area contributed by atoms with E-state index in [0.717, 1.165) is 18.2 Å². The van der Waals surface area contributed by atoms with Gasteiger partial charge in [0, 0.05) is 19.2 Å². The molecule has 0 unspecified atom stereocenters. The van der Waals surface area contributed by atoms with Gasteiger partial charge in [-0.15, -0.1) is 0 Å². The van der Waals surface area contributed by atoms with Gasteiger partial charge in [-0.3, -0.25) is 10.1 Å². The molecular weight excluding hydrogens is 345 g/mol. The van der Waals surface area contributed by atoms with E-state index in [-0.39, 0.29) is 21.6 Å². The molecule has 0 N–H and O–H groups in total. The molecule has 1 aromatic carbocycles. The zero-order valence-electron chi connectivity index (χ0n) is 10.4. The molecule has 2 aromatic rings. The summed E-state index contributed by atoms with van der Waals surface area (Å²) in [5.74, 6) is -0.260. The second kappa shape index (κ2) is 5.51. The fourth-order valence-corrected chi connectivity index (χ4v) is 3.01. The van der Waals surface area contributed by atoms with Crippen LogP contribution in [0.1, 0.15) is 0 Å². The van der Waals surface area contributed by atoms with Crippen LogP contribution in [0.5, 0.6) is 5.75 Å². The number of benzene rings is 1. The van der Waals surface area contributed by atoms with Crippen LogP contribution in [0, 0.1) is 10.1 Å². The number of hydrogen-bond donors (Lipinski definition) is 0. The first-order valence-electron chi connectivity index (χ1n) is 5.27. The van der Waals surface area contributed by atoms with Gasteiger partial charge in [-0.25, -0.2) is 4.98 Å². The second-order valence-electron chi connectivity index (χ2n) is 3.86. The van der Waals surface area contributed by atoms with Crippen molar-refractivity contribution in [3.8, 4) is 5.75 Å². The molecule has 0 radical (unpaired) electrons. The summed E-state index contributed by atoms with van der Waals surface area (Å²) < 4.78 is 30.2. The molecule has 0 bridgehead atoms. The quantitative estimate of drug-likeness (QED) is 0.475. The van der Waals surface area contributed by atoms with E-state index in [1.165, 1.54) is 17.9 Å². The van der Waals surface area contributed by atoms with Crippen LogP contribution in [0.15, 0.2) is 29.6 Å². The summed E-state index contributed by atoms with van der Waals surface area (Å²) in [5, 5.41) is 9.75. The van der Waals surface area contributed by atoms with Gasteiger partial charge in [0.05, 0.1) is 16.3 Å². The van der Waals surface area contributed by atoms with Crippen molar-refractivity contribution >= 4 is 39.0 Å². The molecule has 0 aliphatic heterocycles. The Hall–Kier alpha value is -1.84. The maximum absolute atomic E-state index is 12.0. The standard InChI is InChI=1S/C10H7Cl2N3O5S/c1-14-5-13-10(9(14)12)21(18,19)20-8-3-2-6(15(16)17)4-7(8)11/h2-5H,1H3. The summed E-state index contributed by atoms with van der Waals surface area (Å²) in [6.45, 7) is 0. The number of imidazole rings is 1. The third kappa shape index (κ3) is 3.09. The molecule has 0 amide bonds. The van der Waals surface area contributed by atoms with Gasteiger partial charge in [0.25, 0.3) is 5.69 Å². The number of nitro groups is 1. The van der Waals surface area contributed by atoms with Gasteiger partial charge in [-0.05, 0) is 6.07 Å². The normalized spacial score (nSPS) is 11.4. The Morgan fingerprint density at radius 3 is 2.52 bits per heavy atom. The van der Waals surface area contributed by atoms with Crippen LogP contribution < -0.4 is 4.18 Å². The number of aryl methyl sites for hydroxylation is 1. The zero-order chi connectivity index (χ0) is 15.8. The number of aromatic nitrogens is 2. The minimum absolute atomic E-state index is 0.131. The molecule has 0 atom stereocenters. The van der Waals surface area contributed by atoms with Crippen LogP contribution >= 0.6 is 23.2 Å².